The highest BCUT2D eigenvalue weighted by atomic mass is 127. The zero-order valence-electron chi connectivity index (χ0n) is 12.1. The normalized spacial score (nSPS) is 10.7. The summed E-state index contributed by atoms with van der Waals surface area (Å²) in [4.78, 5) is 16.3. The van der Waals surface area contributed by atoms with Gasteiger partial charge >= 0.3 is 0 Å². The third-order valence-corrected chi connectivity index (χ3v) is 4.19. The van der Waals surface area contributed by atoms with Gasteiger partial charge in [-0.1, -0.05) is 11.6 Å². The number of amides is 1. The molecule has 0 fully saturated rings. The Morgan fingerprint density at radius 3 is 3.04 bits per heavy atom. The zero-order valence-corrected chi connectivity index (χ0v) is 15.0. The lowest BCUT2D eigenvalue weighted by Crippen LogP contribution is -2.21. The van der Waals surface area contributed by atoms with Gasteiger partial charge in [0.1, 0.15) is 5.52 Å². The summed E-state index contributed by atoms with van der Waals surface area (Å²) >= 11 is 8.33. The van der Waals surface area contributed by atoms with E-state index < -0.39 is 0 Å². The molecule has 0 aliphatic rings. The SMILES string of the molecule is Cn1ccc(NC(=O)COc2c(I)cc(Cl)c3cccnc23)n1. The second-order valence-corrected chi connectivity index (χ2v) is 6.35. The van der Waals surface area contributed by atoms with E-state index in [0.29, 0.717) is 22.1 Å². The van der Waals surface area contributed by atoms with Crippen LogP contribution < -0.4 is 10.1 Å². The largest absolute Gasteiger partial charge is 0.480 e. The van der Waals surface area contributed by atoms with E-state index in [-0.39, 0.29) is 12.5 Å². The number of pyridine rings is 1. The number of carbonyl (C=O) groups is 1. The average molecular weight is 443 g/mol. The van der Waals surface area contributed by atoms with Crippen molar-refractivity contribution < 1.29 is 9.53 Å². The quantitative estimate of drug-likeness (QED) is 0.630. The molecular weight excluding hydrogens is 431 g/mol. The van der Waals surface area contributed by atoms with Crippen molar-refractivity contribution in [2.24, 2.45) is 7.05 Å². The van der Waals surface area contributed by atoms with Crippen molar-refractivity contribution >= 4 is 56.8 Å². The van der Waals surface area contributed by atoms with E-state index >= 15 is 0 Å². The highest BCUT2D eigenvalue weighted by Crippen LogP contribution is 2.34. The summed E-state index contributed by atoms with van der Waals surface area (Å²) in [5.74, 6) is 0.732. The Bertz CT molecular complexity index is 881. The van der Waals surface area contributed by atoms with Gasteiger partial charge in [0.2, 0.25) is 0 Å². The van der Waals surface area contributed by atoms with Crippen LogP contribution in [0, 0.1) is 3.57 Å². The summed E-state index contributed by atoms with van der Waals surface area (Å²) in [6.07, 6.45) is 3.41. The van der Waals surface area contributed by atoms with Crippen LogP contribution in [0.4, 0.5) is 5.82 Å². The van der Waals surface area contributed by atoms with Gasteiger partial charge in [-0.3, -0.25) is 14.5 Å². The fraction of sp³-hybridized carbons (Fsp3) is 0.133. The first-order chi connectivity index (χ1) is 11.0. The van der Waals surface area contributed by atoms with E-state index in [9.17, 15) is 4.79 Å². The summed E-state index contributed by atoms with van der Waals surface area (Å²) < 4.78 is 8.07. The Morgan fingerprint density at radius 1 is 1.48 bits per heavy atom. The minimum absolute atomic E-state index is 0.139. The molecule has 0 spiro atoms. The fourth-order valence-corrected chi connectivity index (χ4v) is 3.25. The molecule has 0 unspecified atom stereocenters. The molecule has 1 aromatic carbocycles. The molecule has 118 valence electrons. The number of aromatic nitrogens is 3. The van der Waals surface area contributed by atoms with E-state index in [1.54, 1.807) is 42.3 Å². The van der Waals surface area contributed by atoms with E-state index in [0.717, 1.165) is 8.96 Å². The lowest BCUT2D eigenvalue weighted by Gasteiger charge is -2.11. The fourth-order valence-electron chi connectivity index (χ4n) is 2.08. The Morgan fingerprint density at radius 2 is 2.30 bits per heavy atom. The van der Waals surface area contributed by atoms with Crippen LogP contribution in [-0.4, -0.2) is 27.3 Å². The van der Waals surface area contributed by atoms with Gasteiger partial charge in [0.05, 0.1) is 8.59 Å². The molecule has 0 aliphatic heterocycles. The molecule has 2 aromatic heterocycles. The first-order valence-electron chi connectivity index (χ1n) is 6.69. The molecule has 3 rings (SSSR count). The van der Waals surface area contributed by atoms with Crippen LogP contribution in [0.3, 0.4) is 0 Å². The Balaban J connectivity index is 1.78. The molecule has 0 saturated carbocycles. The number of hydrogen-bond acceptors (Lipinski definition) is 4. The average Bonchev–Trinajstić information content (AvgIpc) is 2.92. The number of ether oxygens (including phenoxy) is 1. The number of rotatable bonds is 4. The predicted molar refractivity (Wildman–Crippen MR) is 96.8 cm³/mol. The number of hydrogen-bond donors (Lipinski definition) is 1. The van der Waals surface area contributed by atoms with Crippen molar-refractivity contribution in [1.82, 2.24) is 14.8 Å². The van der Waals surface area contributed by atoms with E-state index in [1.807, 2.05) is 6.07 Å². The standard InChI is InChI=1S/C15H12ClIN4O2/c1-21-6-4-12(20-21)19-13(22)8-23-15-11(17)7-10(16)9-3-2-5-18-14(9)15/h2-7H,8H2,1H3,(H,19,20,22). The molecule has 8 heteroatoms. The van der Waals surface area contributed by atoms with Gasteiger partial charge in [-0.2, -0.15) is 5.10 Å². The monoisotopic (exact) mass is 442 g/mol. The van der Waals surface area contributed by atoms with Crippen molar-refractivity contribution in [3.63, 3.8) is 0 Å². The number of nitrogens with zero attached hydrogens (tertiary/aromatic N) is 3. The van der Waals surface area contributed by atoms with Gasteiger partial charge < -0.3 is 10.1 Å². The predicted octanol–water partition coefficient (Wildman–Crippen LogP) is 3.24. The minimum Gasteiger partial charge on any atom is -0.480 e. The van der Waals surface area contributed by atoms with Crippen LogP contribution in [0.5, 0.6) is 5.75 Å². The van der Waals surface area contributed by atoms with Crippen molar-refractivity contribution in [3.05, 3.63) is 45.3 Å². The van der Waals surface area contributed by atoms with Gasteiger partial charge in [-0.15, -0.1) is 0 Å². The van der Waals surface area contributed by atoms with Crippen molar-refractivity contribution in [2.45, 2.75) is 0 Å². The molecule has 0 aliphatic carbocycles. The molecule has 1 N–H and O–H groups in total. The maximum atomic E-state index is 12.0. The highest BCUT2D eigenvalue weighted by Gasteiger charge is 2.14. The summed E-state index contributed by atoms with van der Waals surface area (Å²) in [7, 11) is 1.78. The molecule has 0 radical (unpaired) electrons. The van der Waals surface area contributed by atoms with Crippen molar-refractivity contribution in [2.75, 3.05) is 11.9 Å². The smallest absolute Gasteiger partial charge is 0.263 e. The number of benzene rings is 1. The summed E-state index contributed by atoms with van der Waals surface area (Å²) in [5.41, 5.74) is 0.634. The number of carbonyl (C=O) groups excluding carboxylic acids is 1. The van der Waals surface area contributed by atoms with Gasteiger partial charge in [0.15, 0.2) is 18.2 Å². The Kier molecular flexibility index (Phi) is 4.67. The van der Waals surface area contributed by atoms with Crippen molar-refractivity contribution in [3.8, 4) is 5.75 Å². The number of halogens is 2. The maximum absolute atomic E-state index is 12.0. The molecule has 0 saturated heterocycles. The van der Waals surface area contributed by atoms with E-state index in [4.69, 9.17) is 16.3 Å². The third kappa shape index (κ3) is 3.56. The third-order valence-electron chi connectivity index (χ3n) is 3.08. The second-order valence-electron chi connectivity index (χ2n) is 4.78. The molecular formula is C15H12ClIN4O2. The zero-order chi connectivity index (χ0) is 16.4. The van der Waals surface area contributed by atoms with Crippen LogP contribution in [0.1, 0.15) is 0 Å². The lowest BCUT2D eigenvalue weighted by atomic mass is 10.2. The number of nitrogens with one attached hydrogen (secondary N) is 1. The summed E-state index contributed by atoms with van der Waals surface area (Å²) in [6, 6.07) is 7.17. The van der Waals surface area contributed by atoms with Gasteiger partial charge in [-0.05, 0) is 40.8 Å². The molecule has 6 nitrogen and oxygen atoms in total. The molecule has 0 bridgehead atoms. The summed E-state index contributed by atoms with van der Waals surface area (Å²) in [6.45, 7) is -0.139. The van der Waals surface area contributed by atoms with Crippen LogP contribution in [-0.2, 0) is 11.8 Å². The number of anilines is 1. The van der Waals surface area contributed by atoms with Crippen LogP contribution in [0.2, 0.25) is 5.02 Å². The number of aryl methyl sites for hydroxylation is 1. The van der Waals surface area contributed by atoms with Gasteiger partial charge in [0.25, 0.3) is 5.91 Å². The van der Waals surface area contributed by atoms with Gasteiger partial charge in [0, 0.05) is 30.9 Å². The molecule has 1 amide bonds. The molecule has 23 heavy (non-hydrogen) atoms. The van der Waals surface area contributed by atoms with E-state index in [2.05, 4.69) is 38.0 Å². The molecule has 2 heterocycles. The highest BCUT2D eigenvalue weighted by molar-refractivity contribution is 14.1. The topological polar surface area (TPSA) is 69.0 Å². The van der Waals surface area contributed by atoms with E-state index in [1.165, 1.54) is 0 Å². The first-order valence-corrected chi connectivity index (χ1v) is 8.15. The summed E-state index contributed by atoms with van der Waals surface area (Å²) in [5, 5.41) is 8.14. The van der Waals surface area contributed by atoms with Crippen LogP contribution >= 0.6 is 34.2 Å². The molecule has 0 atom stereocenters. The molecule has 3 aromatic rings. The van der Waals surface area contributed by atoms with Crippen LogP contribution in [0.15, 0.2) is 36.7 Å². The minimum atomic E-state index is -0.293. The first kappa shape index (κ1) is 16.0. The lowest BCUT2D eigenvalue weighted by molar-refractivity contribution is -0.118. The number of fused-ring (bicyclic) bond motifs is 1. The van der Waals surface area contributed by atoms with Crippen molar-refractivity contribution in [1.29, 1.82) is 0 Å². The van der Waals surface area contributed by atoms with Crippen LogP contribution in [0.25, 0.3) is 10.9 Å². The Hall–Kier alpha value is -1.87. The maximum Gasteiger partial charge on any atom is 0.263 e. The second kappa shape index (κ2) is 6.71. The van der Waals surface area contributed by atoms with Gasteiger partial charge in [-0.25, -0.2) is 0 Å². The Labute approximate surface area is 150 Å².